The van der Waals surface area contributed by atoms with Gasteiger partial charge in [-0.2, -0.15) is 0 Å². The van der Waals surface area contributed by atoms with Gasteiger partial charge in [-0.1, -0.05) is 32.0 Å². The van der Waals surface area contributed by atoms with Crippen LogP contribution in [0.25, 0.3) is 4.85 Å². The van der Waals surface area contributed by atoms with Gasteiger partial charge < -0.3 is 15.5 Å². The molecule has 3 aliphatic carbocycles. The Morgan fingerprint density at radius 3 is 2.50 bits per heavy atom. The Kier molecular flexibility index (Phi) is 6.04. The summed E-state index contributed by atoms with van der Waals surface area (Å²) >= 11 is 0. The molecule has 4 atom stereocenters. The molecule has 4 amide bonds. The molecule has 0 aromatic heterocycles. The van der Waals surface area contributed by atoms with Crippen LogP contribution in [-0.4, -0.2) is 70.9 Å². The van der Waals surface area contributed by atoms with Crippen LogP contribution in [0, 0.1) is 17.9 Å². The molecule has 9 nitrogen and oxygen atoms in total. The van der Waals surface area contributed by atoms with Gasteiger partial charge >= 0.3 is 6.17 Å². The number of anilines is 1. The number of nitrogens with zero attached hydrogens (tertiary/aromatic N) is 3. The number of hydrogen-bond donors (Lipinski definition) is 2. The number of likely N-dealkylation sites (N-methyl/N-ethyl adjacent to an activating group) is 1. The summed E-state index contributed by atoms with van der Waals surface area (Å²) in [5.74, 6) is -1.31. The second-order valence-electron chi connectivity index (χ2n) is 12.1. The van der Waals surface area contributed by atoms with Crippen molar-refractivity contribution >= 4 is 29.3 Å². The third kappa shape index (κ3) is 3.86. The van der Waals surface area contributed by atoms with E-state index in [4.69, 9.17) is 6.57 Å². The van der Waals surface area contributed by atoms with Crippen LogP contribution in [0.3, 0.4) is 0 Å². The average Bonchev–Trinajstić information content (AvgIpc) is 3.36. The molecule has 6 rings (SSSR count). The highest BCUT2D eigenvalue weighted by Crippen LogP contribution is 2.69. The van der Waals surface area contributed by atoms with Gasteiger partial charge in [0.15, 0.2) is 0 Å². The average molecular weight is 524 g/mol. The number of amides is 4. The maximum atomic E-state index is 14.0. The second-order valence-corrected chi connectivity index (χ2v) is 12.1. The highest BCUT2D eigenvalue weighted by atomic mass is 19.1. The fourth-order valence-corrected chi connectivity index (χ4v) is 6.79. The number of para-hydroxylation sites is 1. The van der Waals surface area contributed by atoms with Crippen LogP contribution in [0.1, 0.15) is 58.4 Å². The van der Waals surface area contributed by atoms with Crippen molar-refractivity contribution in [1.29, 1.82) is 0 Å². The number of fused-ring (bicyclic) bond motifs is 2. The fraction of sp³-hybridized carbons (Fsp3) is 0.607. The van der Waals surface area contributed by atoms with E-state index in [-0.39, 0.29) is 55.9 Å². The molecule has 38 heavy (non-hydrogen) atoms. The zero-order valence-corrected chi connectivity index (χ0v) is 22.2. The lowest BCUT2D eigenvalue weighted by Crippen LogP contribution is -2.71. The van der Waals surface area contributed by atoms with Gasteiger partial charge in [0.05, 0.1) is 11.8 Å². The van der Waals surface area contributed by atoms with Crippen LogP contribution in [0.15, 0.2) is 24.3 Å². The van der Waals surface area contributed by atoms with Crippen LogP contribution in [-0.2, 0) is 24.6 Å². The predicted octanol–water partition coefficient (Wildman–Crippen LogP) is 2.62. The van der Waals surface area contributed by atoms with Crippen molar-refractivity contribution in [2.75, 3.05) is 18.9 Å². The van der Waals surface area contributed by atoms with E-state index in [1.165, 1.54) is 16.8 Å². The van der Waals surface area contributed by atoms with Gasteiger partial charge in [0.2, 0.25) is 17.7 Å². The maximum absolute atomic E-state index is 14.0. The van der Waals surface area contributed by atoms with E-state index in [1.807, 2.05) is 38.1 Å². The van der Waals surface area contributed by atoms with Crippen LogP contribution in [0.4, 0.5) is 10.1 Å². The first-order chi connectivity index (χ1) is 17.8. The SMILES string of the molecule is [C-]#[N+][C@@H]1C[C@@]2(CN1C(=O)[C@H](CC(C)C)N(C)C(=O)[C@H](C)NC(=O)C13CC(F)(C1)C3)C(=O)Nc1ccccc12. The summed E-state index contributed by atoms with van der Waals surface area (Å²) < 4.78 is 13.9. The lowest BCUT2D eigenvalue weighted by Gasteiger charge is -2.64. The number of likely N-dealkylation sites (tertiary alicyclic amines) is 1. The first-order valence-electron chi connectivity index (χ1n) is 13.2. The minimum absolute atomic E-state index is 0.0537. The number of hydrogen-bond acceptors (Lipinski definition) is 4. The number of benzene rings is 1. The van der Waals surface area contributed by atoms with E-state index >= 15 is 0 Å². The lowest BCUT2D eigenvalue weighted by molar-refractivity contribution is -0.214. The number of nitrogens with one attached hydrogen (secondary N) is 2. The molecule has 202 valence electrons. The Hall–Kier alpha value is -3.48. The van der Waals surface area contributed by atoms with E-state index in [9.17, 15) is 23.6 Å². The summed E-state index contributed by atoms with van der Waals surface area (Å²) in [5.41, 5.74) is -1.48. The second kappa shape index (κ2) is 8.79. The lowest BCUT2D eigenvalue weighted by atomic mass is 9.42. The smallest absolute Gasteiger partial charge is 0.302 e. The standard InChI is InChI=1S/C28H34FN5O4/c1-16(2)10-20(33(5)22(35)17(3)31-24(37)26-12-27(29,13-26)14-26)23(36)34-15-28(11-21(34)30-4)18-8-6-7-9-19(18)32-25(28)38/h6-9,16-17,20-21H,10-15H2,1-3,5H3,(H,31,37)(H,32,38)/t17-,20-,21-,26?,27?,28-/m0/s1. The molecule has 1 aromatic carbocycles. The van der Waals surface area contributed by atoms with E-state index in [0.29, 0.717) is 12.1 Å². The monoisotopic (exact) mass is 523 g/mol. The molecule has 2 aliphatic heterocycles. The van der Waals surface area contributed by atoms with Gasteiger partial charge in [-0.05, 0) is 50.2 Å². The van der Waals surface area contributed by atoms with Crippen molar-refractivity contribution in [2.24, 2.45) is 11.3 Å². The summed E-state index contributed by atoms with van der Waals surface area (Å²) in [6, 6.07) is 5.56. The summed E-state index contributed by atoms with van der Waals surface area (Å²) in [6.07, 6.45) is 0.286. The molecule has 1 spiro atoms. The van der Waals surface area contributed by atoms with E-state index < -0.39 is 40.7 Å². The Bertz CT molecular complexity index is 1240. The van der Waals surface area contributed by atoms with Crippen molar-refractivity contribution in [1.82, 2.24) is 15.1 Å². The maximum Gasteiger partial charge on any atom is 0.302 e. The number of halogens is 1. The third-order valence-electron chi connectivity index (χ3n) is 8.85. The van der Waals surface area contributed by atoms with Crippen molar-refractivity contribution in [3.8, 4) is 0 Å². The van der Waals surface area contributed by atoms with Gasteiger partial charge in [-0.3, -0.25) is 28.9 Å². The highest BCUT2D eigenvalue weighted by Gasteiger charge is 2.73. The fourth-order valence-electron chi connectivity index (χ4n) is 6.79. The largest absolute Gasteiger partial charge is 0.344 e. The third-order valence-corrected chi connectivity index (χ3v) is 8.85. The Morgan fingerprint density at radius 1 is 1.24 bits per heavy atom. The van der Waals surface area contributed by atoms with Gasteiger partial charge in [-0.25, -0.2) is 11.0 Å². The molecule has 4 fully saturated rings. The number of alkyl halides is 1. The molecule has 10 heteroatoms. The Balaban J connectivity index is 1.34. The zero-order chi connectivity index (χ0) is 27.6. The van der Waals surface area contributed by atoms with Crippen LogP contribution in [0.2, 0.25) is 0 Å². The van der Waals surface area contributed by atoms with Crippen molar-refractivity contribution < 1.29 is 23.6 Å². The molecule has 0 unspecified atom stereocenters. The molecular weight excluding hydrogens is 489 g/mol. The first kappa shape index (κ1) is 26.1. The van der Waals surface area contributed by atoms with Crippen molar-refractivity contribution in [2.45, 2.75) is 82.2 Å². The molecule has 0 radical (unpaired) electrons. The van der Waals surface area contributed by atoms with Gasteiger partial charge in [-0.15, -0.1) is 0 Å². The van der Waals surface area contributed by atoms with Crippen molar-refractivity contribution in [3.63, 3.8) is 0 Å². The van der Waals surface area contributed by atoms with E-state index in [0.717, 1.165) is 5.56 Å². The topological polar surface area (TPSA) is 103 Å². The zero-order valence-electron chi connectivity index (χ0n) is 22.2. The molecule has 2 heterocycles. The predicted molar refractivity (Wildman–Crippen MR) is 137 cm³/mol. The number of carbonyl (C=O) groups is 4. The molecule has 2 bridgehead atoms. The minimum atomic E-state index is -1.22. The molecule has 1 saturated heterocycles. The van der Waals surface area contributed by atoms with Crippen LogP contribution < -0.4 is 10.6 Å². The Labute approximate surface area is 221 Å². The van der Waals surface area contributed by atoms with Gasteiger partial charge in [0.1, 0.15) is 23.2 Å². The Morgan fingerprint density at radius 2 is 1.89 bits per heavy atom. The van der Waals surface area contributed by atoms with Crippen LogP contribution >= 0.6 is 0 Å². The summed E-state index contributed by atoms with van der Waals surface area (Å²) in [6.45, 7) is 13.3. The number of carbonyl (C=O) groups excluding carboxylic acids is 4. The molecular formula is C28H34FN5O4. The molecule has 1 aromatic rings. The van der Waals surface area contributed by atoms with E-state index in [1.54, 1.807) is 6.92 Å². The summed E-state index contributed by atoms with van der Waals surface area (Å²) in [7, 11) is 1.53. The molecule has 3 saturated carbocycles. The molecule has 2 N–H and O–H groups in total. The van der Waals surface area contributed by atoms with E-state index in [2.05, 4.69) is 15.5 Å². The quantitative estimate of drug-likeness (QED) is 0.537. The normalized spacial score (nSPS) is 32.0. The number of rotatable bonds is 7. The van der Waals surface area contributed by atoms with Crippen molar-refractivity contribution in [3.05, 3.63) is 41.2 Å². The minimum Gasteiger partial charge on any atom is -0.344 e. The summed E-state index contributed by atoms with van der Waals surface area (Å²) in [4.78, 5) is 59.7. The van der Waals surface area contributed by atoms with Gasteiger partial charge in [0, 0.05) is 19.3 Å². The summed E-state index contributed by atoms with van der Waals surface area (Å²) in [5, 5.41) is 5.62. The van der Waals surface area contributed by atoms with Gasteiger partial charge in [0.25, 0.3) is 5.91 Å². The highest BCUT2D eigenvalue weighted by molar-refractivity contribution is 6.07. The first-order valence-corrected chi connectivity index (χ1v) is 13.2. The molecule has 5 aliphatic rings. The van der Waals surface area contributed by atoms with Crippen LogP contribution in [0.5, 0.6) is 0 Å².